The molecule has 0 atom stereocenters. The van der Waals surface area contributed by atoms with Crippen molar-refractivity contribution in [3.63, 3.8) is 0 Å². The highest BCUT2D eigenvalue weighted by atomic mass is 35.5. The van der Waals surface area contributed by atoms with Crippen LogP contribution in [-0.4, -0.2) is 58.8 Å². The molecule has 0 unspecified atom stereocenters. The molecule has 1 N–H and O–H groups in total. The summed E-state index contributed by atoms with van der Waals surface area (Å²) in [6, 6.07) is 20.3. The van der Waals surface area contributed by atoms with Gasteiger partial charge in [-0.25, -0.2) is 4.39 Å². The van der Waals surface area contributed by atoms with Crippen molar-refractivity contribution in [2.75, 3.05) is 42.1 Å². The number of aromatic nitrogens is 2. The molecule has 8 nitrogen and oxygen atoms in total. The number of nitrogens with zero attached hydrogens (tertiary/aromatic N) is 4. The van der Waals surface area contributed by atoms with Gasteiger partial charge in [0, 0.05) is 53.7 Å². The van der Waals surface area contributed by atoms with Crippen LogP contribution in [0.2, 0.25) is 5.02 Å². The monoisotopic (exact) mass is 551 g/mol. The van der Waals surface area contributed by atoms with Crippen molar-refractivity contribution in [2.24, 2.45) is 0 Å². The SMILES string of the molecule is O=C(CSc1nnc(-c2ccc(F)cc2)o1)Nc1ccc(N2CCN(C(=O)c3cccc(Cl)c3)CC2)cc1. The van der Waals surface area contributed by atoms with Crippen LogP contribution in [0.25, 0.3) is 11.5 Å². The van der Waals surface area contributed by atoms with Crippen molar-refractivity contribution in [1.29, 1.82) is 0 Å². The molecular formula is C27H23ClFN5O3S. The number of anilines is 2. The Labute approximate surface area is 227 Å². The van der Waals surface area contributed by atoms with Crippen LogP contribution in [0, 0.1) is 5.82 Å². The number of piperazine rings is 1. The maximum Gasteiger partial charge on any atom is 0.277 e. The number of carbonyl (C=O) groups excluding carboxylic acids is 2. The molecule has 1 aromatic heterocycles. The number of hydrogen-bond acceptors (Lipinski definition) is 7. The average Bonchev–Trinajstić information content (AvgIpc) is 3.42. The number of nitrogens with one attached hydrogen (secondary N) is 1. The van der Waals surface area contributed by atoms with E-state index < -0.39 is 0 Å². The number of amides is 2. The number of hydrogen-bond donors (Lipinski definition) is 1. The van der Waals surface area contributed by atoms with Gasteiger partial charge in [0.05, 0.1) is 5.75 Å². The first-order valence-electron chi connectivity index (χ1n) is 11.9. The summed E-state index contributed by atoms with van der Waals surface area (Å²) in [6.07, 6.45) is 0. The van der Waals surface area contributed by atoms with Gasteiger partial charge in [-0.15, -0.1) is 10.2 Å². The molecule has 0 aliphatic carbocycles. The quantitative estimate of drug-likeness (QED) is 0.315. The van der Waals surface area contributed by atoms with Crippen LogP contribution in [0.1, 0.15) is 10.4 Å². The lowest BCUT2D eigenvalue weighted by atomic mass is 10.1. The van der Waals surface area contributed by atoms with E-state index in [1.165, 1.54) is 12.1 Å². The standard InChI is InChI=1S/C27H23ClFN5O3S/c28-20-3-1-2-19(16-20)26(36)34-14-12-33(13-15-34)23-10-8-22(9-11-23)30-24(35)17-38-27-32-31-25(37-27)18-4-6-21(29)7-5-18/h1-11,16H,12-15,17H2,(H,30,35). The Bertz CT molecular complexity index is 1420. The molecule has 0 bridgehead atoms. The Hall–Kier alpha value is -3.89. The number of thioether (sulfide) groups is 1. The summed E-state index contributed by atoms with van der Waals surface area (Å²) < 4.78 is 18.6. The third kappa shape index (κ3) is 6.32. The van der Waals surface area contributed by atoms with Crippen molar-refractivity contribution in [3.05, 3.63) is 89.2 Å². The molecule has 1 aliphatic heterocycles. The first kappa shape index (κ1) is 25.7. The maximum absolute atomic E-state index is 13.1. The Morgan fingerprint density at radius 3 is 2.42 bits per heavy atom. The van der Waals surface area contributed by atoms with Crippen LogP contribution in [0.5, 0.6) is 0 Å². The third-order valence-corrected chi connectivity index (χ3v) is 7.03. The largest absolute Gasteiger partial charge is 0.411 e. The van der Waals surface area contributed by atoms with E-state index in [0.717, 1.165) is 17.4 Å². The van der Waals surface area contributed by atoms with E-state index in [1.54, 1.807) is 36.4 Å². The Morgan fingerprint density at radius 1 is 0.974 bits per heavy atom. The van der Waals surface area contributed by atoms with E-state index in [-0.39, 0.29) is 34.5 Å². The minimum absolute atomic E-state index is 0.0183. The second kappa shape index (κ2) is 11.7. The fourth-order valence-corrected chi connectivity index (χ4v) is 4.78. The van der Waals surface area contributed by atoms with Crippen LogP contribution >= 0.6 is 23.4 Å². The number of carbonyl (C=O) groups is 2. The molecule has 4 aromatic rings. The molecule has 1 fully saturated rings. The fraction of sp³-hybridized carbons (Fsp3) is 0.185. The lowest BCUT2D eigenvalue weighted by Crippen LogP contribution is -2.48. The third-order valence-electron chi connectivity index (χ3n) is 5.98. The highest BCUT2D eigenvalue weighted by Gasteiger charge is 2.22. The second-order valence-electron chi connectivity index (χ2n) is 8.55. The smallest absolute Gasteiger partial charge is 0.277 e. The molecule has 11 heteroatoms. The Balaban J connectivity index is 1.09. The highest BCUT2D eigenvalue weighted by molar-refractivity contribution is 7.99. The van der Waals surface area contributed by atoms with Crippen molar-refractivity contribution in [2.45, 2.75) is 5.22 Å². The predicted octanol–water partition coefficient (Wildman–Crippen LogP) is 5.22. The summed E-state index contributed by atoms with van der Waals surface area (Å²) >= 11 is 7.14. The van der Waals surface area contributed by atoms with Crippen LogP contribution in [0.15, 0.2) is 82.4 Å². The van der Waals surface area contributed by atoms with Crippen LogP contribution in [-0.2, 0) is 4.79 Å². The van der Waals surface area contributed by atoms with E-state index >= 15 is 0 Å². The van der Waals surface area contributed by atoms with Gasteiger partial charge < -0.3 is 19.5 Å². The molecule has 2 heterocycles. The summed E-state index contributed by atoms with van der Waals surface area (Å²) in [6.45, 7) is 2.64. The van der Waals surface area contributed by atoms with Crippen molar-refractivity contribution >= 4 is 46.6 Å². The van der Waals surface area contributed by atoms with E-state index in [0.29, 0.717) is 48.0 Å². The maximum atomic E-state index is 13.1. The Morgan fingerprint density at radius 2 is 1.71 bits per heavy atom. The molecule has 5 rings (SSSR count). The van der Waals surface area contributed by atoms with Gasteiger partial charge in [-0.2, -0.15) is 0 Å². The molecule has 1 aliphatic rings. The van der Waals surface area contributed by atoms with Gasteiger partial charge in [0.15, 0.2) is 0 Å². The minimum Gasteiger partial charge on any atom is -0.411 e. The molecule has 194 valence electrons. The summed E-state index contributed by atoms with van der Waals surface area (Å²) in [4.78, 5) is 29.2. The number of benzene rings is 3. The topological polar surface area (TPSA) is 91.6 Å². The van der Waals surface area contributed by atoms with E-state index in [2.05, 4.69) is 20.4 Å². The summed E-state index contributed by atoms with van der Waals surface area (Å²) in [7, 11) is 0. The zero-order valence-electron chi connectivity index (χ0n) is 20.1. The van der Waals surface area contributed by atoms with Gasteiger partial charge in [0.1, 0.15) is 5.82 Å². The van der Waals surface area contributed by atoms with E-state index in [9.17, 15) is 14.0 Å². The van der Waals surface area contributed by atoms with Crippen LogP contribution in [0.3, 0.4) is 0 Å². The molecule has 1 saturated heterocycles. The van der Waals surface area contributed by atoms with Crippen molar-refractivity contribution in [1.82, 2.24) is 15.1 Å². The fourth-order valence-electron chi connectivity index (χ4n) is 4.03. The first-order valence-corrected chi connectivity index (χ1v) is 13.2. The van der Waals surface area contributed by atoms with Gasteiger partial charge in [-0.1, -0.05) is 29.4 Å². The first-order chi connectivity index (χ1) is 18.4. The Kier molecular flexibility index (Phi) is 7.90. The average molecular weight is 552 g/mol. The minimum atomic E-state index is -0.350. The zero-order valence-corrected chi connectivity index (χ0v) is 21.7. The van der Waals surface area contributed by atoms with Crippen molar-refractivity contribution in [3.8, 4) is 11.5 Å². The van der Waals surface area contributed by atoms with Gasteiger partial charge >= 0.3 is 0 Å². The van der Waals surface area contributed by atoms with Gasteiger partial charge in [-0.05, 0) is 66.7 Å². The summed E-state index contributed by atoms with van der Waals surface area (Å²) in [5.74, 6) is -0.225. The van der Waals surface area contributed by atoms with Crippen molar-refractivity contribution < 1.29 is 18.4 Å². The second-order valence-corrected chi connectivity index (χ2v) is 9.92. The highest BCUT2D eigenvalue weighted by Crippen LogP contribution is 2.24. The van der Waals surface area contributed by atoms with E-state index in [1.807, 2.05) is 29.2 Å². The van der Waals surface area contributed by atoms with Crippen LogP contribution < -0.4 is 10.2 Å². The van der Waals surface area contributed by atoms with Crippen LogP contribution in [0.4, 0.5) is 15.8 Å². The molecule has 0 saturated carbocycles. The lowest BCUT2D eigenvalue weighted by Gasteiger charge is -2.36. The number of halogens is 2. The molecule has 0 spiro atoms. The normalized spacial score (nSPS) is 13.4. The van der Waals surface area contributed by atoms with E-state index in [4.69, 9.17) is 16.0 Å². The molecule has 0 radical (unpaired) electrons. The van der Waals surface area contributed by atoms with Gasteiger partial charge in [0.2, 0.25) is 11.8 Å². The number of rotatable bonds is 7. The lowest BCUT2D eigenvalue weighted by molar-refractivity contribution is -0.113. The molecule has 38 heavy (non-hydrogen) atoms. The summed E-state index contributed by atoms with van der Waals surface area (Å²) in [5, 5.41) is 11.5. The summed E-state index contributed by atoms with van der Waals surface area (Å²) in [5.41, 5.74) is 2.89. The van der Waals surface area contributed by atoms with Gasteiger partial charge in [-0.3, -0.25) is 9.59 Å². The molecular weight excluding hydrogens is 529 g/mol. The predicted molar refractivity (Wildman–Crippen MR) is 145 cm³/mol. The molecule has 3 aromatic carbocycles. The zero-order chi connectivity index (χ0) is 26.5. The van der Waals surface area contributed by atoms with Gasteiger partial charge in [0.25, 0.3) is 11.1 Å². The molecule has 2 amide bonds.